The largest absolute Gasteiger partial charge is 0.323 e. The lowest BCUT2D eigenvalue weighted by Gasteiger charge is -2.36. The van der Waals surface area contributed by atoms with Crippen molar-refractivity contribution in [1.82, 2.24) is 10.2 Å². The highest BCUT2D eigenvalue weighted by atomic mass is 16.2. The van der Waals surface area contributed by atoms with E-state index in [-0.39, 0.29) is 0 Å². The summed E-state index contributed by atoms with van der Waals surface area (Å²) < 4.78 is 0. The van der Waals surface area contributed by atoms with Crippen molar-refractivity contribution in [3.63, 3.8) is 0 Å². The number of rotatable bonds is 2. The molecule has 1 atom stereocenters. The molecule has 1 N–H and O–H groups in total. The van der Waals surface area contributed by atoms with E-state index in [0.29, 0.717) is 24.7 Å². The van der Waals surface area contributed by atoms with Gasteiger partial charge in [0.15, 0.2) is 0 Å². The molecule has 2 fully saturated rings. The zero-order valence-electron chi connectivity index (χ0n) is 9.83. The molecule has 1 aliphatic heterocycles. The van der Waals surface area contributed by atoms with Gasteiger partial charge in [0.05, 0.1) is 12.7 Å². The van der Waals surface area contributed by atoms with Crippen LogP contribution in [0.3, 0.4) is 0 Å². The lowest BCUT2D eigenvalue weighted by atomic mass is 9.86. The third-order valence-electron chi connectivity index (χ3n) is 3.88. The molecule has 1 heterocycles. The average molecular weight is 210 g/mol. The maximum Gasteiger partial charge on any atom is 0.238 e. The summed E-state index contributed by atoms with van der Waals surface area (Å²) in [6.07, 6.45) is 6.29. The minimum Gasteiger partial charge on any atom is -0.323 e. The van der Waals surface area contributed by atoms with E-state index in [0.717, 1.165) is 12.3 Å². The minimum absolute atomic E-state index is 0.302. The molecular formula is C12H22N2O. The third-order valence-corrected chi connectivity index (χ3v) is 3.88. The van der Waals surface area contributed by atoms with Crippen molar-refractivity contribution in [1.29, 1.82) is 0 Å². The van der Waals surface area contributed by atoms with E-state index in [1.54, 1.807) is 0 Å². The first-order valence-electron chi connectivity index (χ1n) is 6.27. The molecule has 0 bridgehead atoms. The molecule has 1 saturated carbocycles. The molecule has 86 valence electrons. The molecule has 0 aromatic carbocycles. The predicted octanol–water partition coefficient (Wildman–Crippen LogP) is 1.73. The molecule has 1 aliphatic carbocycles. The maximum absolute atomic E-state index is 11.8. The number of nitrogens with one attached hydrogen (secondary N) is 1. The van der Waals surface area contributed by atoms with E-state index >= 15 is 0 Å². The second kappa shape index (κ2) is 4.52. The Balaban J connectivity index is 1.99. The summed E-state index contributed by atoms with van der Waals surface area (Å²) in [7, 11) is 0. The van der Waals surface area contributed by atoms with E-state index in [4.69, 9.17) is 0 Å². The third kappa shape index (κ3) is 2.17. The fourth-order valence-electron chi connectivity index (χ4n) is 2.89. The highest BCUT2D eigenvalue weighted by molar-refractivity contribution is 5.81. The van der Waals surface area contributed by atoms with Crippen molar-refractivity contribution in [3.05, 3.63) is 0 Å². The van der Waals surface area contributed by atoms with E-state index in [2.05, 4.69) is 24.1 Å². The molecule has 1 unspecified atom stereocenters. The lowest BCUT2D eigenvalue weighted by molar-refractivity contribution is -0.131. The molecule has 0 spiro atoms. The molecule has 2 aliphatic rings. The number of hydrogen-bond donors (Lipinski definition) is 1. The van der Waals surface area contributed by atoms with Crippen LogP contribution in [-0.4, -0.2) is 29.6 Å². The summed E-state index contributed by atoms with van der Waals surface area (Å²) in [5, 5.41) is 3.29. The van der Waals surface area contributed by atoms with Crippen LogP contribution in [0.1, 0.15) is 46.0 Å². The average Bonchev–Trinajstić information content (AvgIpc) is 2.61. The highest BCUT2D eigenvalue weighted by Gasteiger charge is 2.35. The van der Waals surface area contributed by atoms with E-state index in [1.807, 2.05) is 0 Å². The highest BCUT2D eigenvalue weighted by Crippen LogP contribution is 2.29. The van der Waals surface area contributed by atoms with Gasteiger partial charge in [0.1, 0.15) is 0 Å². The van der Waals surface area contributed by atoms with Crippen molar-refractivity contribution in [3.8, 4) is 0 Å². The van der Waals surface area contributed by atoms with Crippen molar-refractivity contribution in [2.45, 2.75) is 58.2 Å². The molecule has 1 saturated heterocycles. The number of carbonyl (C=O) groups excluding carboxylic acids is 1. The van der Waals surface area contributed by atoms with Gasteiger partial charge in [0.2, 0.25) is 5.91 Å². The fraction of sp³-hybridized carbons (Fsp3) is 0.917. The monoisotopic (exact) mass is 210 g/mol. The summed E-state index contributed by atoms with van der Waals surface area (Å²) in [6.45, 7) is 5.01. The zero-order valence-corrected chi connectivity index (χ0v) is 9.83. The normalized spacial score (nSPS) is 37.3. The van der Waals surface area contributed by atoms with Crippen LogP contribution < -0.4 is 5.32 Å². The first-order chi connectivity index (χ1) is 7.22. The summed E-state index contributed by atoms with van der Waals surface area (Å²) in [6, 6.07) is 0.508. The van der Waals surface area contributed by atoms with Gasteiger partial charge in [-0.15, -0.1) is 0 Å². The van der Waals surface area contributed by atoms with Gasteiger partial charge >= 0.3 is 0 Å². The van der Waals surface area contributed by atoms with Crippen molar-refractivity contribution < 1.29 is 4.79 Å². The van der Waals surface area contributed by atoms with Gasteiger partial charge in [-0.2, -0.15) is 0 Å². The number of carbonyl (C=O) groups is 1. The fourth-order valence-corrected chi connectivity index (χ4v) is 2.89. The van der Waals surface area contributed by atoms with E-state index in [1.165, 1.54) is 25.7 Å². The first kappa shape index (κ1) is 10.9. The predicted molar refractivity (Wildman–Crippen MR) is 60.3 cm³/mol. The quantitative estimate of drug-likeness (QED) is 0.753. The van der Waals surface area contributed by atoms with E-state index < -0.39 is 0 Å². The van der Waals surface area contributed by atoms with Gasteiger partial charge in [-0.3, -0.25) is 10.1 Å². The Labute approximate surface area is 92.2 Å². The van der Waals surface area contributed by atoms with Gasteiger partial charge in [-0.05, 0) is 38.0 Å². The molecule has 0 aromatic rings. The van der Waals surface area contributed by atoms with Gasteiger partial charge in [0.25, 0.3) is 0 Å². The molecule has 0 radical (unpaired) electrons. The van der Waals surface area contributed by atoms with Crippen LogP contribution in [0, 0.1) is 5.92 Å². The number of amides is 1. The summed E-state index contributed by atoms with van der Waals surface area (Å²) in [4.78, 5) is 13.9. The summed E-state index contributed by atoms with van der Waals surface area (Å²) in [5.74, 6) is 1.16. The lowest BCUT2D eigenvalue weighted by Crippen LogP contribution is -2.45. The summed E-state index contributed by atoms with van der Waals surface area (Å²) >= 11 is 0. The number of nitrogens with zero attached hydrogens (tertiary/aromatic N) is 1. The van der Waals surface area contributed by atoms with Crippen LogP contribution in [0.15, 0.2) is 0 Å². The van der Waals surface area contributed by atoms with Crippen LogP contribution in [0.4, 0.5) is 0 Å². The molecule has 3 nitrogen and oxygen atoms in total. The van der Waals surface area contributed by atoms with Crippen LogP contribution >= 0.6 is 0 Å². The van der Waals surface area contributed by atoms with E-state index in [9.17, 15) is 4.79 Å². The Morgan fingerprint density at radius 3 is 2.60 bits per heavy atom. The Bertz CT molecular complexity index is 234. The number of hydrogen-bond acceptors (Lipinski definition) is 2. The van der Waals surface area contributed by atoms with Crippen LogP contribution in [0.2, 0.25) is 0 Å². The molecule has 3 heteroatoms. The second-order valence-corrected chi connectivity index (χ2v) is 5.02. The standard InChI is InChI=1S/C12H22N2O/c1-3-11-13-8-12(15)14(11)10-6-4-9(2)5-7-10/h9-11,13H,3-8H2,1-2H3. The Kier molecular flexibility index (Phi) is 3.29. The molecule has 0 aromatic heterocycles. The van der Waals surface area contributed by atoms with Crippen LogP contribution in [-0.2, 0) is 4.79 Å². The minimum atomic E-state index is 0.302. The van der Waals surface area contributed by atoms with Gasteiger partial charge in [-0.1, -0.05) is 13.8 Å². The van der Waals surface area contributed by atoms with Gasteiger partial charge in [-0.25, -0.2) is 0 Å². The SMILES string of the molecule is CCC1NCC(=O)N1C1CCC(C)CC1. The smallest absolute Gasteiger partial charge is 0.238 e. The second-order valence-electron chi connectivity index (χ2n) is 5.02. The van der Waals surface area contributed by atoms with Crippen LogP contribution in [0.25, 0.3) is 0 Å². The van der Waals surface area contributed by atoms with Crippen molar-refractivity contribution in [2.24, 2.45) is 5.92 Å². The summed E-state index contributed by atoms with van der Waals surface area (Å²) in [5.41, 5.74) is 0. The van der Waals surface area contributed by atoms with Gasteiger partial charge in [0, 0.05) is 6.04 Å². The maximum atomic E-state index is 11.8. The zero-order chi connectivity index (χ0) is 10.8. The Morgan fingerprint density at radius 1 is 1.33 bits per heavy atom. The Hall–Kier alpha value is -0.570. The Morgan fingerprint density at radius 2 is 2.00 bits per heavy atom. The topological polar surface area (TPSA) is 32.3 Å². The van der Waals surface area contributed by atoms with Crippen molar-refractivity contribution >= 4 is 5.91 Å². The van der Waals surface area contributed by atoms with Crippen LogP contribution in [0.5, 0.6) is 0 Å². The molecular weight excluding hydrogens is 188 g/mol. The first-order valence-corrected chi connectivity index (χ1v) is 6.27. The van der Waals surface area contributed by atoms with Gasteiger partial charge < -0.3 is 4.90 Å². The van der Waals surface area contributed by atoms with Crippen molar-refractivity contribution in [2.75, 3.05) is 6.54 Å². The molecule has 2 rings (SSSR count). The molecule has 15 heavy (non-hydrogen) atoms. The molecule has 1 amide bonds.